The Hall–Kier alpha value is -2.21. The molecule has 2 aromatic rings. The molecule has 0 bridgehead atoms. The summed E-state index contributed by atoms with van der Waals surface area (Å²) in [6.07, 6.45) is 1.77. The lowest BCUT2D eigenvalue weighted by Gasteiger charge is -2.34. The van der Waals surface area contributed by atoms with E-state index in [0.29, 0.717) is 31.1 Å². The zero-order valence-electron chi connectivity index (χ0n) is 12.4. The largest absolute Gasteiger partial charge is 0.377 e. The number of aryl methyl sites for hydroxylation is 1. The molecule has 1 aliphatic heterocycles. The molecule has 1 amide bonds. The number of hydrogen-bond donors (Lipinski definition) is 1. The number of nitrogens with zero attached hydrogens (tertiary/aromatic N) is 2. The minimum Gasteiger partial charge on any atom is -0.377 e. The maximum absolute atomic E-state index is 13.7. The fraction of sp³-hybridized carbons (Fsp3) is 0.375. The van der Waals surface area contributed by atoms with Crippen molar-refractivity contribution in [3.63, 3.8) is 0 Å². The first-order chi connectivity index (χ1) is 10.6. The number of H-pyrrole nitrogens is 1. The van der Waals surface area contributed by atoms with Crippen molar-refractivity contribution in [1.29, 1.82) is 0 Å². The second kappa shape index (κ2) is 6.27. The van der Waals surface area contributed by atoms with Gasteiger partial charge in [-0.15, -0.1) is 0 Å². The Balaban J connectivity index is 1.78. The molecule has 1 saturated heterocycles. The molecule has 1 fully saturated rings. The summed E-state index contributed by atoms with van der Waals surface area (Å²) in [6, 6.07) is 6.11. The van der Waals surface area contributed by atoms with Crippen LogP contribution in [0.2, 0.25) is 0 Å². The van der Waals surface area contributed by atoms with Crippen molar-refractivity contribution >= 4 is 5.91 Å². The van der Waals surface area contributed by atoms with Crippen LogP contribution in [0, 0.1) is 12.7 Å². The number of benzene rings is 1. The van der Waals surface area contributed by atoms with Crippen molar-refractivity contribution in [1.82, 2.24) is 14.9 Å². The van der Waals surface area contributed by atoms with Gasteiger partial charge in [-0.2, -0.15) is 0 Å². The Bertz CT molecular complexity index is 671. The summed E-state index contributed by atoms with van der Waals surface area (Å²) >= 11 is 0. The lowest BCUT2D eigenvalue weighted by atomic mass is 10.1. The van der Waals surface area contributed by atoms with Crippen molar-refractivity contribution in [3.05, 3.63) is 53.4 Å². The smallest absolute Gasteiger partial charge is 0.227 e. The Labute approximate surface area is 128 Å². The van der Waals surface area contributed by atoms with Gasteiger partial charge in [-0.3, -0.25) is 4.79 Å². The van der Waals surface area contributed by atoms with Crippen LogP contribution >= 0.6 is 0 Å². The normalized spacial score (nSPS) is 18.5. The van der Waals surface area contributed by atoms with E-state index in [0.717, 1.165) is 5.69 Å². The minimum atomic E-state index is -0.352. The maximum atomic E-state index is 13.7. The molecule has 1 aromatic carbocycles. The number of aromatic nitrogens is 2. The van der Waals surface area contributed by atoms with Crippen LogP contribution < -0.4 is 0 Å². The third kappa shape index (κ3) is 3.01. The van der Waals surface area contributed by atoms with Gasteiger partial charge < -0.3 is 14.6 Å². The highest BCUT2D eigenvalue weighted by atomic mass is 19.1. The lowest BCUT2D eigenvalue weighted by Crippen LogP contribution is -2.44. The summed E-state index contributed by atoms with van der Waals surface area (Å²) in [5, 5.41) is 0. The minimum absolute atomic E-state index is 0.0445. The highest BCUT2D eigenvalue weighted by Gasteiger charge is 2.30. The third-order valence-corrected chi connectivity index (χ3v) is 3.79. The molecule has 2 heterocycles. The van der Waals surface area contributed by atoms with E-state index in [2.05, 4.69) is 9.97 Å². The number of ether oxygens (including phenoxy) is 1. The number of carbonyl (C=O) groups is 1. The van der Waals surface area contributed by atoms with Gasteiger partial charge >= 0.3 is 0 Å². The molecule has 1 N–H and O–H groups in total. The number of rotatable bonds is 3. The van der Waals surface area contributed by atoms with Gasteiger partial charge in [0.05, 0.1) is 19.6 Å². The van der Waals surface area contributed by atoms with Crippen molar-refractivity contribution < 1.29 is 13.9 Å². The molecule has 22 heavy (non-hydrogen) atoms. The van der Waals surface area contributed by atoms with Gasteiger partial charge in [-0.05, 0) is 18.6 Å². The zero-order valence-corrected chi connectivity index (χ0v) is 12.4. The second-order valence-corrected chi connectivity index (χ2v) is 5.40. The average molecular weight is 303 g/mol. The highest BCUT2D eigenvalue weighted by Crippen LogP contribution is 2.23. The van der Waals surface area contributed by atoms with Crippen LogP contribution in [0.5, 0.6) is 0 Å². The van der Waals surface area contributed by atoms with Crippen LogP contribution in [0.3, 0.4) is 0 Å². The highest BCUT2D eigenvalue weighted by molar-refractivity contribution is 5.79. The fourth-order valence-electron chi connectivity index (χ4n) is 2.64. The summed E-state index contributed by atoms with van der Waals surface area (Å²) in [6.45, 7) is 3.28. The van der Waals surface area contributed by atoms with Crippen molar-refractivity contribution in [2.75, 3.05) is 19.8 Å². The quantitative estimate of drug-likeness (QED) is 0.943. The molecule has 5 nitrogen and oxygen atoms in total. The molecule has 0 saturated carbocycles. The zero-order chi connectivity index (χ0) is 15.5. The third-order valence-electron chi connectivity index (χ3n) is 3.79. The molecule has 0 spiro atoms. The van der Waals surface area contributed by atoms with Crippen LogP contribution in [-0.4, -0.2) is 40.5 Å². The number of hydrogen-bond acceptors (Lipinski definition) is 3. The molecule has 6 heteroatoms. The molecule has 1 aliphatic rings. The van der Waals surface area contributed by atoms with E-state index in [9.17, 15) is 9.18 Å². The molecule has 0 radical (unpaired) electrons. The first-order valence-electron chi connectivity index (χ1n) is 7.27. The summed E-state index contributed by atoms with van der Waals surface area (Å²) < 4.78 is 19.2. The topological polar surface area (TPSA) is 58.2 Å². The number of halogens is 1. The van der Waals surface area contributed by atoms with Crippen LogP contribution in [0.25, 0.3) is 0 Å². The number of aromatic amines is 1. The number of morpholine rings is 1. The molecule has 116 valence electrons. The van der Waals surface area contributed by atoms with E-state index in [1.54, 1.807) is 29.3 Å². The Morgan fingerprint density at radius 3 is 3.05 bits per heavy atom. The van der Waals surface area contributed by atoms with Gasteiger partial charge in [0.15, 0.2) is 0 Å². The Morgan fingerprint density at radius 2 is 2.32 bits per heavy atom. The van der Waals surface area contributed by atoms with Crippen molar-refractivity contribution in [2.45, 2.75) is 19.4 Å². The van der Waals surface area contributed by atoms with E-state index >= 15 is 0 Å². The summed E-state index contributed by atoms with van der Waals surface area (Å²) in [4.78, 5) is 21.7. The van der Waals surface area contributed by atoms with E-state index < -0.39 is 0 Å². The van der Waals surface area contributed by atoms with Gasteiger partial charge in [0, 0.05) is 18.4 Å². The average Bonchev–Trinajstić information content (AvgIpc) is 2.96. The predicted octanol–water partition coefficient (Wildman–Crippen LogP) is 2.00. The molecule has 0 aliphatic carbocycles. The van der Waals surface area contributed by atoms with Gasteiger partial charge in [-0.1, -0.05) is 18.2 Å². The first-order valence-corrected chi connectivity index (χ1v) is 7.27. The number of nitrogens with one attached hydrogen (secondary N) is 1. The first kappa shape index (κ1) is 14.7. The standard InChI is InChI=1S/C16H18FN3O2/c1-11-9-18-16(19-11)14-10-22-7-6-20(14)15(21)8-12-4-2-3-5-13(12)17/h2-5,9,14H,6-8,10H2,1H3,(H,18,19)/t14-/m1/s1. The Kier molecular flexibility index (Phi) is 4.20. The van der Waals surface area contributed by atoms with Crippen LogP contribution in [-0.2, 0) is 16.0 Å². The predicted molar refractivity (Wildman–Crippen MR) is 78.7 cm³/mol. The SMILES string of the molecule is Cc1cnc([C@H]2COCCN2C(=O)Cc2ccccc2F)[nH]1. The monoisotopic (exact) mass is 303 g/mol. The molecule has 0 unspecified atom stereocenters. The van der Waals surface area contributed by atoms with Crippen LogP contribution in [0.15, 0.2) is 30.5 Å². The van der Waals surface area contributed by atoms with Gasteiger partial charge in [0.2, 0.25) is 5.91 Å². The second-order valence-electron chi connectivity index (χ2n) is 5.40. The molecular weight excluding hydrogens is 285 g/mol. The van der Waals surface area contributed by atoms with E-state index in [4.69, 9.17) is 4.74 Å². The van der Waals surface area contributed by atoms with E-state index in [1.807, 2.05) is 6.92 Å². The molecular formula is C16H18FN3O2. The lowest BCUT2D eigenvalue weighted by molar-refractivity contribution is -0.139. The van der Waals surface area contributed by atoms with E-state index in [-0.39, 0.29) is 24.2 Å². The molecule has 1 atom stereocenters. The summed E-state index contributed by atoms with van der Waals surface area (Å²) in [5.41, 5.74) is 1.34. The summed E-state index contributed by atoms with van der Waals surface area (Å²) in [7, 11) is 0. The molecule has 1 aromatic heterocycles. The van der Waals surface area contributed by atoms with Gasteiger partial charge in [0.25, 0.3) is 0 Å². The van der Waals surface area contributed by atoms with Crippen molar-refractivity contribution in [3.8, 4) is 0 Å². The Morgan fingerprint density at radius 1 is 1.50 bits per heavy atom. The van der Waals surface area contributed by atoms with Crippen LogP contribution in [0.1, 0.15) is 23.1 Å². The van der Waals surface area contributed by atoms with Gasteiger partial charge in [-0.25, -0.2) is 9.37 Å². The maximum Gasteiger partial charge on any atom is 0.227 e. The van der Waals surface area contributed by atoms with Crippen molar-refractivity contribution in [2.24, 2.45) is 0 Å². The summed E-state index contributed by atoms with van der Waals surface area (Å²) in [5.74, 6) is 0.237. The number of carbonyl (C=O) groups excluding carboxylic acids is 1. The van der Waals surface area contributed by atoms with Crippen LogP contribution in [0.4, 0.5) is 4.39 Å². The van der Waals surface area contributed by atoms with E-state index in [1.165, 1.54) is 6.07 Å². The number of imidazole rings is 1. The van der Waals surface area contributed by atoms with Gasteiger partial charge in [0.1, 0.15) is 17.7 Å². The molecule has 3 rings (SSSR count). The number of amides is 1. The fourth-order valence-corrected chi connectivity index (χ4v) is 2.64.